The van der Waals surface area contributed by atoms with E-state index >= 15 is 0 Å². The highest BCUT2D eigenvalue weighted by Gasteiger charge is 2.38. The van der Waals surface area contributed by atoms with E-state index in [1.807, 2.05) is 4.90 Å². The minimum atomic E-state index is -3.69. The van der Waals surface area contributed by atoms with E-state index in [0.717, 1.165) is 30.7 Å². The Labute approximate surface area is 199 Å². The largest absolute Gasteiger partial charge is 0.379 e. The smallest absolute Gasteiger partial charge is 0.243 e. The lowest BCUT2D eigenvalue weighted by Gasteiger charge is -2.44. The number of piperidine rings is 1. The average Bonchev–Trinajstić information content (AvgIpc) is 2.85. The molecular weight excluding hydrogens is 462 g/mol. The molecule has 3 aliphatic heterocycles. The first-order valence-corrected chi connectivity index (χ1v) is 14.3. The number of ether oxygens (including phenoxy) is 1. The molecule has 4 aliphatic rings. The molecule has 180 valence electrons. The van der Waals surface area contributed by atoms with Crippen LogP contribution in [0.5, 0.6) is 0 Å². The Hall–Kier alpha value is -1.62. The maximum atomic E-state index is 13.4. The van der Waals surface area contributed by atoms with Crippen LogP contribution in [0, 0.1) is 5.92 Å². The number of benzene rings is 1. The molecule has 8 nitrogen and oxygen atoms in total. The lowest BCUT2D eigenvalue weighted by molar-refractivity contribution is -0.137. The molecule has 0 N–H and O–H groups in total. The van der Waals surface area contributed by atoms with Crippen LogP contribution in [0.4, 0.5) is 5.69 Å². The first kappa shape index (κ1) is 23.1. The van der Waals surface area contributed by atoms with E-state index in [1.54, 1.807) is 18.2 Å². The van der Waals surface area contributed by atoms with Gasteiger partial charge in [0, 0.05) is 30.6 Å². The molecule has 2 saturated heterocycles. The third-order valence-electron chi connectivity index (χ3n) is 7.34. The summed E-state index contributed by atoms with van der Waals surface area (Å²) in [5, 5.41) is 0. The van der Waals surface area contributed by atoms with Gasteiger partial charge in [-0.25, -0.2) is 8.42 Å². The van der Waals surface area contributed by atoms with Gasteiger partial charge in [0.25, 0.3) is 0 Å². The third-order valence-corrected chi connectivity index (χ3v) is 10.3. The zero-order valence-corrected chi connectivity index (χ0v) is 20.4. The lowest BCUT2D eigenvalue weighted by Crippen LogP contribution is -2.53. The number of sulfonamides is 1. The van der Waals surface area contributed by atoms with Crippen molar-refractivity contribution in [3.8, 4) is 0 Å². The third kappa shape index (κ3) is 4.54. The van der Waals surface area contributed by atoms with E-state index in [2.05, 4.69) is 0 Å². The number of likely N-dealkylation sites (tertiary alicyclic amines) is 1. The predicted octanol–water partition coefficient (Wildman–Crippen LogP) is 2.33. The molecule has 0 spiro atoms. The van der Waals surface area contributed by atoms with Gasteiger partial charge in [0.1, 0.15) is 6.54 Å². The number of hydrogen-bond acceptors (Lipinski definition) is 6. The molecular formula is C23H31N3O5S2. The van der Waals surface area contributed by atoms with Crippen LogP contribution in [0.1, 0.15) is 38.5 Å². The topological polar surface area (TPSA) is 87.2 Å². The highest BCUT2D eigenvalue weighted by Crippen LogP contribution is 2.39. The first-order valence-electron chi connectivity index (χ1n) is 11.9. The van der Waals surface area contributed by atoms with E-state index < -0.39 is 10.0 Å². The molecule has 1 aromatic rings. The van der Waals surface area contributed by atoms with Crippen molar-refractivity contribution >= 4 is 39.3 Å². The summed E-state index contributed by atoms with van der Waals surface area (Å²) in [5.41, 5.74) is 0.524. The van der Waals surface area contributed by atoms with Crippen molar-refractivity contribution in [2.75, 3.05) is 50.0 Å². The fraction of sp³-hybridized carbons (Fsp3) is 0.652. The average molecular weight is 494 g/mol. The number of morpholine rings is 1. The van der Waals surface area contributed by atoms with E-state index in [1.165, 1.54) is 40.2 Å². The van der Waals surface area contributed by atoms with Crippen LogP contribution < -0.4 is 4.90 Å². The normalized spacial score (nSPS) is 26.6. The zero-order valence-electron chi connectivity index (χ0n) is 18.8. The maximum Gasteiger partial charge on any atom is 0.243 e. The molecule has 2 atom stereocenters. The number of rotatable bonds is 4. The number of thioether (sulfide) groups is 1. The second kappa shape index (κ2) is 9.56. The summed E-state index contributed by atoms with van der Waals surface area (Å²) in [4.78, 5) is 30.7. The van der Waals surface area contributed by atoms with E-state index in [9.17, 15) is 18.0 Å². The van der Waals surface area contributed by atoms with Crippen molar-refractivity contribution in [3.63, 3.8) is 0 Å². The van der Waals surface area contributed by atoms with Crippen molar-refractivity contribution < 1.29 is 22.7 Å². The van der Waals surface area contributed by atoms with Gasteiger partial charge in [0.05, 0.1) is 29.5 Å². The van der Waals surface area contributed by atoms with Gasteiger partial charge in [-0.2, -0.15) is 4.31 Å². The minimum absolute atomic E-state index is 0.0285. The van der Waals surface area contributed by atoms with Gasteiger partial charge in [-0.1, -0.05) is 12.8 Å². The standard InChI is InChI=1S/C23H31N3O5S2/c27-22(25-9-3-5-17-4-1-2-6-19(17)25)15-26-20-14-18(7-8-21(20)32-16-23(26)28)33(29,30)24-10-12-31-13-11-24/h7-8,14,17,19H,1-6,9-13,15-16H2/t17-,19-/m1/s1. The second-order valence-corrected chi connectivity index (χ2v) is 12.2. The Kier molecular flexibility index (Phi) is 6.70. The molecule has 0 unspecified atom stereocenters. The van der Waals surface area contributed by atoms with Crippen LogP contribution in [0.2, 0.25) is 0 Å². The number of hydrogen-bond donors (Lipinski definition) is 0. The molecule has 1 aromatic carbocycles. The monoisotopic (exact) mass is 493 g/mol. The maximum absolute atomic E-state index is 13.4. The van der Waals surface area contributed by atoms with Gasteiger partial charge in [-0.05, 0) is 49.8 Å². The Balaban J connectivity index is 1.40. The summed E-state index contributed by atoms with van der Waals surface area (Å²) in [6.45, 7) is 2.08. The number of carbonyl (C=O) groups excluding carboxylic acids is 2. The Morgan fingerprint density at radius 1 is 1.06 bits per heavy atom. The van der Waals surface area contributed by atoms with Crippen LogP contribution in [0.3, 0.4) is 0 Å². The van der Waals surface area contributed by atoms with Crippen LogP contribution in [0.25, 0.3) is 0 Å². The number of carbonyl (C=O) groups is 2. The van der Waals surface area contributed by atoms with Gasteiger partial charge in [0.15, 0.2) is 0 Å². The molecule has 3 fully saturated rings. The molecule has 0 radical (unpaired) electrons. The lowest BCUT2D eigenvalue weighted by atomic mass is 9.78. The second-order valence-electron chi connectivity index (χ2n) is 9.26. The molecule has 5 rings (SSSR count). The summed E-state index contributed by atoms with van der Waals surface area (Å²) in [7, 11) is -3.69. The van der Waals surface area contributed by atoms with Gasteiger partial charge in [-0.3, -0.25) is 9.59 Å². The Bertz CT molecular complexity index is 1020. The van der Waals surface area contributed by atoms with E-state index in [4.69, 9.17) is 4.74 Å². The van der Waals surface area contributed by atoms with E-state index in [-0.39, 0.29) is 35.0 Å². The highest BCUT2D eigenvalue weighted by molar-refractivity contribution is 8.00. The summed E-state index contributed by atoms with van der Waals surface area (Å²) in [5.74, 6) is 0.641. The van der Waals surface area contributed by atoms with Crippen molar-refractivity contribution in [2.24, 2.45) is 5.92 Å². The molecule has 33 heavy (non-hydrogen) atoms. The van der Waals surface area contributed by atoms with Gasteiger partial charge in [0.2, 0.25) is 21.8 Å². The molecule has 2 amide bonds. The van der Waals surface area contributed by atoms with Gasteiger partial charge < -0.3 is 14.5 Å². The van der Waals surface area contributed by atoms with Gasteiger partial charge in [-0.15, -0.1) is 11.8 Å². The molecule has 1 saturated carbocycles. The number of amides is 2. The predicted molar refractivity (Wildman–Crippen MR) is 126 cm³/mol. The van der Waals surface area contributed by atoms with Crippen molar-refractivity contribution in [2.45, 2.75) is 54.4 Å². The zero-order chi connectivity index (χ0) is 23.0. The van der Waals surface area contributed by atoms with Gasteiger partial charge >= 0.3 is 0 Å². The summed E-state index contributed by atoms with van der Waals surface area (Å²) < 4.78 is 33.1. The summed E-state index contributed by atoms with van der Waals surface area (Å²) in [6, 6.07) is 5.21. The minimum Gasteiger partial charge on any atom is -0.379 e. The van der Waals surface area contributed by atoms with Crippen LogP contribution in [-0.4, -0.2) is 80.6 Å². The molecule has 1 aliphatic carbocycles. The van der Waals surface area contributed by atoms with E-state index in [0.29, 0.717) is 37.9 Å². The first-order chi connectivity index (χ1) is 15.9. The fourth-order valence-corrected chi connectivity index (χ4v) is 7.96. The Morgan fingerprint density at radius 3 is 2.64 bits per heavy atom. The van der Waals surface area contributed by atoms with Crippen molar-refractivity contribution in [3.05, 3.63) is 18.2 Å². The van der Waals surface area contributed by atoms with Crippen molar-refractivity contribution in [1.29, 1.82) is 0 Å². The highest BCUT2D eigenvalue weighted by atomic mass is 32.2. The van der Waals surface area contributed by atoms with Crippen molar-refractivity contribution in [1.82, 2.24) is 9.21 Å². The number of fused-ring (bicyclic) bond motifs is 2. The molecule has 10 heteroatoms. The molecule has 0 bridgehead atoms. The summed E-state index contributed by atoms with van der Waals surface area (Å²) in [6.07, 6.45) is 6.79. The fourth-order valence-electron chi connectivity index (χ4n) is 5.61. The van der Waals surface area contributed by atoms with Crippen LogP contribution in [0.15, 0.2) is 28.0 Å². The Morgan fingerprint density at radius 2 is 1.82 bits per heavy atom. The quantitative estimate of drug-likeness (QED) is 0.640. The molecule has 3 heterocycles. The van der Waals surface area contributed by atoms with Crippen LogP contribution in [-0.2, 0) is 24.3 Å². The molecule has 0 aromatic heterocycles. The SMILES string of the molecule is O=C1CSc2ccc(S(=O)(=O)N3CCOCC3)cc2N1CC(=O)N1CCC[C@H]2CCCC[C@H]21. The van der Waals surface area contributed by atoms with Crippen LogP contribution >= 0.6 is 11.8 Å². The number of anilines is 1. The summed E-state index contributed by atoms with van der Waals surface area (Å²) >= 11 is 1.39. The number of nitrogens with zero attached hydrogens (tertiary/aromatic N) is 3.